The van der Waals surface area contributed by atoms with Crippen LogP contribution in [0.1, 0.15) is 12.8 Å². The number of ether oxygens (including phenoxy) is 1. The summed E-state index contributed by atoms with van der Waals surface area (Å²) in [6, 6.07) is 7.65. The Morgan fingerprint density at radius 2 is 1.48 bits per heavy atom. The fourth-order valence-corrected chi connectivity index (χ4v) is 3.54. The van der Waals surface area contributed by atoms with Gasteiger partial charge in [0.05, 0.1) is 6.54 Å². The van der Waals surface area contributed by atoms with Crippen LogP contribution in [0.25, 0.3) is 0 Å². The summed E-state index contributed by atoms with van der Waals surface area (Å²) < 4.78 is 6.70. The average Bonchev–Trinajstić information content (AvgIpc) is 3.16. The highest BCUT2D eigenvalue weighted by atomic mass is 127. The molecule has 7 heteroatoms. The number of carbonyl (C=O) groups excluding carboxylic acids is 2. The van der Waals surface area contributed by atoms with E-state index >= 15 is 0 Å². The second-order valence-corrected chi connectivity index (χ2v) is 7.73. The van der Waals surface area contributed by atoms with Crippen LogP contribution in [-0.4, -0.2) is 78.9 Å². The van der Waals surface area contributed by atoms with Gasteiger partial charge in [-0.3, -0.25) is 14.5 Å². The lowest BCUT2D eigenvalue weighted by Crippen LogP contribution is -2.52. The normalized spacial score (nSPS) is 18.4. The van der Waals surface area contributed by atoms with Crippen LogP contribution in [0.3, 0.4) is 0 Å². The number of halogens is 1. The lowest BCUT2D eigenvalue weighted by atomic mass is 10.3. The van der Waals surface area contributed by atoms with Crippen molar-refractivity contribution in [3.05, 3.63) is 27.8 Å². The Balaban J connectivity index is 1.38. The van der Waals surface area contributed by atoms with Gasteiger partial charge in [0.2, 0.25) is 5.91 Å². The van der Waals surface area contributed by atoms with Gasteiger partial charge in [0.25, 0.3) is 5.91 Å². The summed E-state index contributed by atoms with van der Waals surface area (Å²) in [4.78, 5) is 30.4. The standard InChI is InChI=1S/C18H24IN3O3/c19-15-3-5-16(6-4-15)25-14-18(24)22-11-9-20(10-12-22)13-17(23)21-7-1-2-8-21/h3-6H,1-2,7-14H2. The van der Waals surface area contributed by atoms with E-state index in [1.54, 1.807) is 0 Å². The van der Waals surface area contributed by atoms with E-state index < -0.39 is 0 Å². The number of likely N-dealkylation sites (tertiary alicyclic amines) is 1. The first-order valence-electron chi connectivity index (χ1n) is 8.78. The van der Waals surface area contributed by atoms with Crippen molar-refractivity contribution in [2.24, 2.45) is 0 Å². The fraction of sp³-hybridized carbons (Fsp3) is 0.556. The summed E-state index contributed by atoms with van der Waals surface area (Å²) in [6.45, 7) is 5.13. The summed E-state index contributed by atoms with van der Waals surface area (Å²) in [7, 11) is 0. The molecule has 0 atom stereocenters. The molecule has 6 nitrogen and oxygen atoms in total. The zero-order valence-electron chi connectivity index (χ0n) is 14.3. The molecule has 2 aliphatic heterocycles. The van der Waals surface area contributed by atoms with Crippen molar-refractivity contribution in [1.29, 1.82) is 0 Å². The predicted molar refractivity (Wildman–Crippen MR) is 103 cm³/mol. The van der Waals surface area contributed by atoms with Crippen molar-refractivity contribution < 1.29 is 14.3 Å². The lowest BCUT2D eigenvalue weighted by Gasteiger charge is -2.34. The zero-order valence-corrected chi connectivity index (χ0v) is 16.5. The van der Waals surface area contributed by atoms with Crippen molar-refractivity contribution in [1.82, 2.24) is 14.7 Å². The maximum Gasteiger partial charge on any atom is 0.260 e. The van der Waals surface area contributed by atoms with Crippen LogP contribution in [0.2, 0.25) is 0 Å². The number of hydrogen-bond donors (Lipinski definition) is 0. The molecule has 0 saturated carbocycles. The van der Waals surface area contributed by atoms with Crippen LogP contribution >= 0.6 is 22.6 Å². The number of amides is 2. The van der Waals surface area contributed by atoms with Gasteiger partial charge in [-0.05, 0) is 59.7 Å². The van der Waals surface area contributed by atoms with Crippen molar-refractivity contribution in [3.8, 4) is 5.75 Å². The topological polar surface area (TPSA) is 53.1 Å². The lowest BCUT2D eigenvalue weighted by molar-refractivity contribution is -0.136. The molecule has 1 aromatic carbocycles. The number of nitrogens with zero attached hydrogens (tertiary/aromatic N) is 3. The van der Waals surface area contributed by atoms with Crippen molar-refractivity contribution >= 4 is 34.4 Å². The minimum atomic E-state index is 0.00377. The van der Waals surface area contributed by atoms with Crippen molar-refractivity contribution in [3.63, 3.8) is 0 Å². The van der Waals surface area contributed by atoms with Crippen LogP contribution in [0.4, 0.5) is 0 Å². The average molecular weight is 457 g/mol. The number of carbonyl (C=O) groups is 2. The first kappa shape index (κ1) is 18.4. The highest BCUT2D eigenvalue weighted by molar-refractivity contribution is 14.1. The third kappa shape index (κ3) is 5.31. The Kier molecular flexibility index (Phi) is 6.52. The van der Waals surface area contributed by atoms with E-state index in [-0.39, 0.29) is 18.4 Å². The molecule has 25 heavy (non-hydrogen) atoms. The van der Waals surface area contributed by atoms with Gasteiger partial charge in [0, 0.05) is 42.8 Å². The number of benzene rings is 1. The third-order valence-corrected chi connectivity index (χ3v) is 5.44. The molecule has 136 valence electrons. The molecule has 2 fully saturated rings. The molecule has 0 bridgehead atoms. The van der Waals surface area contributed by atoms with Gasteiger partial charge in [-0.2, -0.15) is 0 Å². The van der Waals surface area contributed by atoms with Crippen LogP contribution in [0.5, 0.6) is 5.75 Å². The molecule has 0 spiro atoms. The van der Waals surface area contributed by atoms with E-state index in [0.29, 0.717) is 25.4 Å². The van der Waals surface area contributed by atoms with Gasteiger partial charge in [-0.15, -0.1) is 0 Å². The van der Waals surface area contributed by atoms with Gasteiger partial charge < -0.3 is 14.5 Å². The molecule has 0 radical (unpaired) electrons. The van der Waals surface area contributed by atoms with E-state index in [1.165, 1.54) is 0 Å². The summed E-state index contributed by atoms with van der Waals surface area (Å²) >= 11 is 2.23. The third-order valence-electron chi connectivity index (χ3n) is 4.72. The molecule has 0 N–H and O–H groups in total. The fourth-order valence-electron chi connectivity index (χ4n) is 3.18. The zero-order chi connectivity index (χ0) is 17.6. The van der Waals surface area contributed by atoms with Gasteiger partial charge in [-0.1, -0.05) is 0 Å². The Bertz CT molecular complexity index is 594. The monoisotopic (exact) mass is 457 g/mol. The molecule has 0 unspecified atom stereocenters. The Morgan fingerprint density at radius 3 is 2.12 bits per heavy atom. The van der Waals surface area contributed by atoms with Crippen LogP contribution < -0.4 is 4.74 Å². The van der Waals surface area contributed by atoms with E-state index in [9.17, 15) is 9.59 Å². The van der Waals surface area contributed by atoms with Crippen LogP contribution in [0.15, 0.2) is 24.3 Å². The van der Waals surface area contributed by atoms with Crippen molar-refractivity contribution in [2.75, 3.05) is 52.4 Å². The Morgan fingerprint density at radius 1 is 0.880 bits per heavy atom. The molecule has 2 heterocycles. The first-order valence-corrected chi connectivity index (χ1v) is 9.86. The quantitative estimate of drug-likeness (QED) is 0.629. The second-order valence-electron chi connectivity index (χ2n) is 6.49. The maximum atomic E-state index is 12.3. The summed E-state index contributed by atoms with van der Waals surface area (Å²) in [5, 5.41) is 0. The van der Waals surface area contributed by atoms with E-state index in [0.717, 1.165) is 42.6 Å². The minimum absolute atomic E-state index is 0.00377. The molecule has 0 aliphatic carbocycles. The van der Waals surface area contributed by atoms with Gasteiger partial charge in [-0.25, -0.2) is 0 Å². The highest BCUT2D eigenvalue weighted by Gasteiger charge is 2.25. The molecule has 3 rings (SSSR count). The predicted octanol–water partition coefficient (Wildman–Crippen LogP) is 1.44. The molecular weight excluding hydrogens is 433 g/mol. The Hall–Kier alpha value is -1.35. The first-order chi connectivity index (χ1) is 12.1. The number of rotatable bonds is 5. The molecular formula is C18H24IN3O3. The SMILES string of the molecule is O=C(COc1ccc(I)cc1)N1CCN(CC(=O)N2CCCC2)CC1. The number of piperazine rings is 1. The smallest absolute Gasteiger partial charge is 0.260 e. The largest absolute Gasteiger partial charge is 0.484 e. The maximum absolute atomic E-state index is 12.3. The highest BCUT2D eigenvalue weighted by Crippen LogP contribution is 2.14. The van der Waals surface area contributed by atoms with Gasteiger partial charge in [0.15, 0.2) is 6.61 Å². The van der Waals surface area contributed by atoms with Gasteiger partial charge >= 0.3 is 0 Å². The Labute approximate surface area is 162 Å². The number of hydrogen-bond acceptors (Lipinski definition) is 4. The summed E-state index contributed by atoms with van der Waals surface area (Å²) in [6.07, 6.45) is 2.24. The van der Waals surface area contributed by atoms with Crippen LogP contribution in [0, 0.1) is 3.57 Å². The van der Waals surface area contributed by atoms with E-state index in [2.05, 4.69) is 27.5 Å². The summed E-state index contributed by atoms with van der Waals surface area (Å²) in [5.41, 5.74) is 0. The molecule has 2 amide bonds. The molecule has 2 saturated heterocycles. The molecule has 1 aromatic rings. The molecule has 0 aromatic heterocycles. The summed E-state index contributed by atoms with van der Waals surface area (Å²) in [5.74, 6) is 0.937. The molecule has 2 aliphatic rings. The van der Waals surface area contributed by atoms with E-state index in [4.69, 9.17) is 4.74 Å². The van der Waals surface area contributed by atoms with Crippen molar-refractivity contribution in [2.45, 2.75) is 12.8 Å². The minimum Gasteiger partial charge on any atom is -0.484 e. The van der Waals surface area contributed by atoms with E-state index in [1.807, 2.05) is 34.1 Å². The second kappa shape index (κ2) is 8.84. The van der Waals surface area contributed by atoms with Gasteiger partial charge in [0.1, 0.15) is 5.75 Å². The van der Waals surface area contributed by atoms with Crippen LogP contribution in [-0.2, 0) is 9.59 Å².